The van der Waals surface area contributed by atoms with Crippen LogP contribution in [-0.2, 0) is 9.59 Å². The molecular formula is C17H33ClN4O2. The Morgan fingerprint density at radius 3 is 2.54 bits per heavy atom. The van der Waals surface area contributed by atoms with Gasteiger partial charge in [0.25, 0.3) is 0 Å². The molecule has 1 unspecified atom stereocenters. The first-order valence-corrected chi connectivity index (χ1v) is 9.08. The highest BCUT2D eigenvalue weighted by Gasteiger charge is 2.31. The molecule has 24 heavy (non-hydrogen) atoms. The molecule has 2 heterocycles. The van der Waals surface area contributed by atoms with Gasteiger partial charge in [-0.15, -0.1) is 12.4 Å². The summed E-state index contributed by atoms with van der Waals surface area (Å²) in [6.45, 7) is 10.6. The highest BCUT2D eigenvalue weighted by atomic mass is 35.5. The van der Waals surface area contributed by atoms with Crippen LogP contribution in [0.3, 0.4) is 0 Å². The van der Waals surface area contributed by atoms with Gasteiger partial charge in [0.2, 0.25) is 11.8 Å². The Morgan fingerprint density at radius 1 is 1.21 bits per heavy atom. The van der Waals surface area contributed by atoms with E-state index in [1.807, 2.05) is 4.90 Å². The number of halogens is 1. The van der Waals surface area contributed by atoms with E-state index >= 15 is 0 Å². The van der Waals surface area contributed by atoms with E-state index in [9.17, 15) is 9.59 Å². The van der Waals surface area contributed by atoms with Crippen molar-refractivity contribution in [2.45, 2.75) is 45.6 Å². The predicted octanol–water partition coefficient (Wildman–Crippen LogP) is 0.857. The van der Waals surface area contributed by atoms with Crippen molar-refractivity contribution in [2.75, 3.05) is 45.8 Å². The quantitative estimate of drug-likeness (QED) is 0.706. The first-order valence-electron chi connectivity index (χ1n) is 9.08. The minimum absolute atomic E-state index is 0. The predicted molar refractivity (Wildman–Crippen MR) is 98.4 cm³/mol. The molecule has 2 saturated heterocycles. The van der Waals surface area contributed by atoms with E-state index in [-0.39, 0.29) is 30.3 Å². The van der Waals surface area contributed by atoms with Gasteiger partial charge in [-0.3, -0.25) is 14.5 Å². The summed E-state index contributed by atoms with van der Waals surface area (Å²) in [7, 11) is 0. The van der Waals surface area contributed by atoms with Crippen LogP contribution in [-0.4, -0.2) is 73.5 Å². The van der Waals surface area contributed by atoms with Crippen LogP contribution in [0.25, 0.3) is 0 Å². The van der Waals surface area contributed by atoms with Crippen LogP contribution in [0.1, 0.15) is 39.5 Å². The van der Waals surface area contributed by atoms with Crippen LogP contribution < -0.4 is 10.6 Å². The van der Waals surface area contributed by atoms with Crippen LogP contribution in [0.5, 0.6) is 0 Å². The standard InChI is InChI=1S/C17H32N4O2.ClH/c1-14(2)13-15(21-9-4-3-5-16(21)22)17(23)19-8-12-20-10-6-18-7-11-20;/h14-15,18H,3-13H2,1-2H3,(H,19,23);1H. The van der Waals surface area contributed by atoms with E-state index < -0.39 is 0 Å². The monoisotopic (exact) mass is 360 g/mol. The zero-order valence-corrected chi connectivity index (χ0v) is 15.9. The maximum atomic E-state index is 12.6. The highest BCUT2D eigenvalue weighted by molar-refractivity contribution is 5.88. The molecule has 7 heteroatoms. The van der Waals surface area contributed by atoms with Gasteiger partial charge in [0.15, 0.2) is 0 Å². The van der Waals surface area contributed by atoms with Crippen molar-refractivity contribution in [1.29, 1.82) is 0 Å². The third kappa shape index (κ3) is 6.57. The van der Waals surface area contributed by atoms with Crippen molar-refractivity contribution >= 4 is 24.2 Å². The van der Waals surface area contributed by atoms with Crippen LogP contribution in [0.4, 0.5) is 0 Å². The van der Waals surface area contributed by atoms with E-state index in [1.165, 1.54) is 0 Å². The summed E-state index contributed by atoms with van der Waals surface area (Å²) in [6, 6.07) is -0.300. The molecule has 1 atom stereocenters. The lowest BCUT2D eigenvalue weighted by atomic mass is 9.98. The number of carbonyl (C=O) groups is 2. The van der Waals surface area contributed by atoms with Crippen molar-refractivity contribution in [1.82, 2.24) is 20.4 Å². The second-order valence-electron chi connectivity index (χ2n) is 7.07. The third-order valence-electron chi connectivity index (χ3n) is 4.67. The average Bonchev–Trinajstić information content (AvgIpc) is 2.54. The van der Waals surface area contributed by atoms with Crippen molar-refractivity contribution in [3.8, 4) is 0 Å². The molecule has 2 amide bonds. The molecule has 0 radical (unpaired) electrons. The molecule has 0 aliphatic carbocycles. The molecule has 2 rings (SSSR count). The second kappa shape index (κ2) is 10.9. The number of rotatable bonds is 7. The van der Waals surface area contributed by atoms with E-state index in [0.29, 0.717) is 18.9 Å². The molecule has 6 nitrogen and oxygen atoms in total. The maximum Gasteiger partial charge on any atom is 0.242 e. The Bertz CT molecular complexity index is 400. The molecule has 0 saturated carbocycles. The second-order valence-corrected chi connectivity index (χ2v) is 7.07. The van der Waals surface area contributed by atoms with Crippen molar-refractivity contribution in [3.63, 3.8) is 0 Å². The first-order chi connectivity index (χ1) is 11.1. The molecule has 0 bridgehead atoms. The molecule has 2 aliphatic heterocycles. The first kappa shape index (κ1) is 21.2. The molecule has 0 aromatic heterocycles. The number of hydrogen-bond acceptors (Lipinski definition) is 4. The zero-order valence-electron chi connectivity index (χ0n) is 15.1. The number of carbonyl (C=O) groups excluding carboxylic acids is 2. The number of nitrogens with one attached hydrogen (secondary N) is 2. The normalized spacial score (nSPS) is 20.6. The van der Waals surface area contributed by atoms with Crippen LogP contribution in [0.2, 0.25) is 0 Å². The molecule has 2 aliphatic rings. The number of likely N-dealkylation sites (tertiary alicyclic amines) is 1. The molecule has 140 valence electrons. The van der Waals surface area contributed by atoms with Crippen LogP contribution in [0.15, 0.2) is 0 Å². The molecule has 2 N–H and O–H groups in total. The molecule has 0 spiro atoms. The molecule has 2 fully saturated rings. The van der Waals surface area contributed by atoms with Gasteiger partial charge in [0.1, 0.15) is 6.04 Å². The van der Waals surface area contributed by atoms with Gasteiger partial charge < -0.3 is 15.5 Å². The van der Waals surface area contributed by atoms with Gasteiger partial charge in [-0.1, -0.05) is 13.8 Å². The average molecular weight is 361 g/mol. The summed E-state index contributed by atoms with van der Waals surface area (Å²) < 4.78 is 0. The van der Waals surface area contributed by atoms with E-state index in [2.05, 4.69) is 29.4 Å². The van der Waals surface area contributed by atoms with Gasteiger partial charge in [-0.05, 0) is 25.2 Å². The Kier molecular flexibility index (Phi) is 9.63. The minimum Gasteiger partial charge on any atom is -0.353 e. The summed E-state index contributed by atoms with van der Waals surface area (Å²) in [5.41, 5.74) is 0. The smallest absolute Gasteiger partial charge is 0.242 e. The van der Waals surface area contributed by atoms with Gasteiger partial charge in [0.05, 0.1) is 0 Å². The fourth-order valence-corrected chi connectivity index (χ4v) is 3.37. The van der Waals surface area contributed by atoms with Crippen molar-refractivity contribution in [2.24, 2.45) is 5.92 Å². The van der Waals surface area contributed by atoms with E-state index in [4.69, 9.17) is 0 Å². The minimum atomic E-state index is -0.300. The summed E-state index contributed by atoms with van der Waals surface area (Å²) in [5, 5.41) is 6.39. The van der Waals surface area contributed by atoms with Gasteiger partial charge in [-0.25, -0.2) is 0 Å². The van der Waals surface area contributed by atoms with E-state index in [1.54, 1.807) is 0 Å². The summed E-state index contributed by atoms with van der Waals surface area (Å²) in [5.74, 6) is 0.553. The molecule has 0 aromatic carbocycles. The van der Waals surface area contributed by atoms with Crippen molar-refractivity contribution in [3.05, 3.63) is 0 Å². The Labute approximate surface area is 152 Å². The van der Waals surface area contributed by atoms with Gasteiger partial charge in [0, 0.05) is 52.2 Å². The van der Waals surface area contributed by atoms with Gasteiger partial charge in [-0.2, -0.15) is 0 Å². The maximum absolute atomic E-state index is 12.6. The van der Waals surface area contributed by atoms with E-state index in [0.717, 1.165) is 58.5 Å². The summed E-state index contributed by atoms with van der Waals surface area (Å²) in [4.78, 5) is 29.0. The molecular weight excluding hydrogens is 328 g/mol. The summed E-state index contributed by atoms with van der Waals surface area (Å²) >= 11 is 0. The summed E-state index contributed by atoms with van der Waals surface area (Å²) in [6.07, 6.45) is 3.29. The van der Waals surface area contributed by atoms with Crippen LogP contribution in [0, 0.1) is 5.92 Å². The Balaban J connectivity index is 0.00000288. The largest absolute Gasteiger partial charge is 0.353 e. The topological polar surface area (TPSA) is 64.7 Å². The Hall–Kier alpha value is -0.850. The number of hydrogen-bond donors (Lipinski definition) is 2. The number of piperidine rings is 1. The molecule has 0 aromatic rings. The highest BCUT2D eigenvalue weighted by Crippen LogP contribution is 2.19. The fourth-order valence-electron chi connectivity index (χ4n) is 3.37. The third-order valence-corrected chi connectivity index (χ3v) is 4.67. The lowest BCUT2D eigenvalue weighted by Gasteiger charge is -2.35. The van der Waals surface area contributed by atoms with Crippen LogP contribution >= 0.6 is 12.4 Å². The van der Waals surface area contributed by atoms with Crippen molar-refractivity contribution < 1.29 is 9.59 Å². The SMILES string of the molecule is CC(C)CC(C(=O)NCCN1CCNCC1)N1CCCCC1=O.Cl. The Morgan fingerprint density at radius 2 is 1.92 bits per heavy atom. The van der Waals surface area contributed by atoms with Gasteiger partial charge >= 0.3 is 0 Å². The zero-order chi connectivity index (χ0) is 16.7. The lowest BCUT2D eigenvalue weighted by molar-refractivity contribution is -0.143. The lowest BCUT2D eigenvalue weighted by Crippen LogP contribution is -2.53. The number of piperazine rings is 1. The number of amides is 2. The fraction of sp³-hybridized carbons (Fsp3) is 0.882. The number of nitrogens with zero attached hydrogens (tertiary/aromatic N) is 2.